The summed E-state index contributed by atoms with van der Waals surface area (Å²) in [6.07, 6.45) is 4.71. The number of carbonyl (C=O) groups is 3. The highest BCUT2D eigenvalue weighted by Gasteiger charge is 2.75. The topological polar surface area (TPSA) is 95.9 Å². The molecular formula is C22H35BrN2O5S. The Kier molecular flexibility index (Phi) is 8.35. The molecule has 4 unspecified atom stereocenters. The van der Waals surface area contributed by atoms with Gasteiger partial charge in [-0.2, -0.15) is 0 Å². The minimum atomic E-state index is -0.611. The molecule has 0 radical (unpaired) electrons. The lowest BCUT2D eigenvalue weighted by molar-refractivity contribution is -0.153. The zero-order valence-corrected chi connectivity index (χ0v) is 21.0. The van der Waals surface area contributed by atoms with Gasteiger partial charge in [0.25, 0.3) is 0 Å². The molecule has 0 aliphatic carbocycles. The lowest BCUT2D eigenvalue weighted by atomic mass is 9.71. The number of ether oxygens (including phenoxy) is 1. The summed E-state index contributed by atoms with van der Waals surface area (Å²) in [6.45, 7) is 6.70. The zero-order valence-electron chi connectivity index (χ0n) is 18.6. The molecule has 31 heavy (non-hydrogen) atoms. The Hall–Kier alpha value is -0.800. The average Bonchev–Trinajstić information content (AvgIpc) is 3.29. The molecule has 1 spiro atoms. The highest BCUT2D eigenvalue weighted by atomic mass is 79.9. The maximum atomic E-state index is 13.6. The van der Waals surface area contributed by atoms with Crippen LogP contribution in [0.3, 0.4) is 0 Å². The second-order valence-corrected chi connectivity index (χ2v) is 11.6. The lowest BCUT2D eigenvalue weighted by Crippen LogP contribution is -2.55. The van der Waals surface area contributed by atoms with E-state index in [4.69, 9.17) is 9.84 Å². The van der Waals surface area contributed by atoms with E-state index in [9.17, 15) is 14.4 Å². The predicted molar refractivity (Wildman–Crippen MR) is 124 cm³/mol. The van der Waals surface area contributed by atoms with Gasteiger partial charge in [0.05, 0.1) is 23.2 Å². The van der Waals surface area contributed by atoms with Gasteiger partial charge in [-0.3, -0.25) is 14.4 Å². The van der Waals surface area contributed by atoms with Gasteiger partial charge >= 0.3 is 5.97 Å². The van der Waals surface area contributed by atoms with E-state index in [1.54, 1.807) is 23.6 Å². The number of aliphatic hydroxyl groups excluding tert-OH is 1. The van der Waals surface area contributed by atoms with Gasteiger partial charge in [-0.25, -0.2) is 0 Å². The molecule has 0 aromatic heterocycles. The molecule has 3 aliphatic heterocycles. The number of fused-ring (bicyclic) bond motifs is 1. The molecule has 3 saturated heterocycles. The first-order valence-electron chi connectivity index (χ1n) is 11.5. The number of aliphatic hydroxyl groups is 1. The smallest absolute Gasteiger partial charge is 0.310 e. The average molecular weight is 520 g/mol. The Labute approximate surface area is 197 Å². The molecule has 0 saturated carbocycles. The van der Waals surface area contributed by atoms with Crippen LogP contribution in [-0.4, -0.2) is 74.5 Å². The number of halogens is 1. The number of thioether (sulfide) groups is 1. The van der Waals surface area contributed by atoms with Crippen molar-refractivity contribution in [3.63, 3.8) is 0 Å². The third kappa shape index (κ3) is 4.51. The second kappa shape index (κ2) is 10.4. The van der Waals surface area contributed by atoms with Crippen LogP contribution in [0.5, 0.6) is 0 Å². The number of hydrogen-bond donors (Lipinski definition) is 2. The molecule has 2 amide bonds. The second-order valence-electron chi connectivity index (χ2n) is 8.93. The van der Waals surface area contributed by atoms with E-state index in [1.165, 1.54) is 0 Å². The van der Waals surface area contributed by atoms with Crippen molar-refractivity contribution >= 4 is 45.5 Å². The number of carbonyl (C=O) groups excluding carboxylic acids is 3. The first-order valence-corrected chi connectivity index (χ1v) is 13.3. The fourth-order valence-electron chi connectivity index (χ4n) is 5.58. The van der Waals surface area contributed by atoms with Gasteiger partial charge in [-0.1, -0.05) is 29.3 Å². The van der Waals surface area contributed by atoms with Crippen LogP contribution >= 0.6 is 27.7 Å². The third-order valence-electron chi connectivity index (χ3n) is 6.76. The van der Waals surface area contributed by atoms with Crippen molar-refractivity contribution in [1.29, 1.82) is 0 Å². The van der Waals surface area contributed by atoms with Crippen LogP contribution in [0.4, 0.5) is 0 Å². The minimum absolute atomic E-state index is 0.0310. The summed E-state index contributed by atoms with van der Waals surface area (Å²) < 4.78 is 4.74. The molecule has 3 aliphatic rings. The molecule has 7 atom stereocenters. The Balaban J connectivity index is 1.92. The highest BCUT2D eigenvalue weighted by Crippen LogP contribution is 2.67. The van der Waals surface area contributed by atoms with Gasteiger partial charge in [0, 0.05) is 29.3 Å². The molecular weight excluding hydrogens is 484 g/mol. The molecule has 9 heteroatoms. The van der Waals surface area contributed by atoms with E-state index >= 15 is 0 Å². The van der Waals surface area contributed by atoms with Crippen molar-refractivity contribution in [3.8, 4) is 0 Å². The maximum absolute atomic E-state index is 13.6. The van der Waals surface area contributed by atoms with E-state index in [0.717, 1.165) is 25.7 Å². The molecule has 7 nitrogen and oxygen atoms in total. The van der Waals surface area contributed by atoms with Crippen LogP contribution in [0.25, 0.3) is 0 Å². The Morgan fingerprint density at radius 2 is 2.10 bits per heavy atom. The van der Waals surface area contributed by atoms with Crippen LogP contribution in [0, 0.1) is 11.8 Å². The number of likely N-dealkylation sites (tertiary alicyclic amines) is 1. The van der Waals surface area contributed by atoms with Gasteiger partial charge in [-0.15, -0.1) is 11.8 Å². The maximum Gasteiger partial charge on any atom is 0.310 e. The zero-order chi connectivity index (χ0) is 22.8. The van der Waals surface area contributed by atoms with Gasteiger partial charge in [0.1, 0.15) is 6.04 Å². The summed E-state index contributed by atoms with van der Waals surface area (Å²) >= 11 is 5.37. The van der Waals surface area contributed by atoms with E-state index in [2.05, 4.69) is 28.2 Å². The predicted octanol–water partition coefficient (Wildman–Crippen LogP) is 2.48. The Bertz CT molecular complexity index is 695. The SMILES string of the molecule is CCCC(C)NC(=O)C1N(CCCCCO)C(=O)[C@@H]2[C@@H](C(=O)OCC)[C@@H]3SC12CC3Br. The molecule has 3 fully saturated rings. The Morgan fingerprint density at radius 3 is 2.74 bits per heavy atom. The van der Waals surface area contributed by atoms with Crippen LogP contribution in [-0.2, 0) is 19.1 Å². The van der Waals surface area contributed by atoms with Gasteiger partial charge < -0.3 is 20.1 Å². The number of amides is 2. The molecule has 0 aromatic rings. The standard InChI is InChI=1S/C22H35BrN2O5S/c1-4-9-13(3)24-19(27)18-22-12-14(23)17(31-22)15(21(29)30-5-2)16(22)20(28)25(18)10-7-6-8-11-26/h13-18,26H,4-12H2,1-3H3,(H,24,27)/t13?,14?,15-,16+,17-,18?,22?/m1/s1. The first-order chi connectivity index (χ1) is 14.8. The number of alkyl halides is 1. The molecule has 3 heterocycles. The van der Waals surface area contributed by atoms with E-state index in [0.29, 0.717) is 19.4 Å². The number of esters is 1. The fraction of sp³-hybridized carbons (Fsp3) is 0.864. The number of nitrogens with one attached hydrogen (secondary N) is 1. The minimum Gasteiger partial charge on any atom is -0.466 e. The van der Waals surface area contributed by atoms with Crippen molar-refractivity contribution < 1.29 is 24.2 Å². The first kappa shape index (κ1) is 24.8. The quantitative estimate of drug-likeness (QED) is 0.248. The van der Waals surface area contributed by atoms with Crippen LogP contribution in [0.15, 0.2) is 0 Å². The van der Waals surface area contributed by atoms with Crippen LogP contribution in [0.2, 0.25) is 0 Å². The van der Waals surface area contributed by atoms with Crippen molar-refractivity contribution in [2.75, 3.05) is 19.8 Å². The van der Waals surface area contributed by atoms with Crippen LogP contribution in [0.1, 0.15) is 59.3 Å². The molecule has 2 bridgehead atoms. The molecule has 176 valence electrons. The van der Waals surface area contributed by atoms with E-state index in [1.807, 2.05) is 6.92 Å². The molecule has 3 rings (SSSR count). The lowest BCUT2D eigenvalue weighted by Gasteiger charge is -2.35. The fourth-order valence-corrected chi connectivity index (χ4v) is 9.18. The molecule has 0 aromatic carbocycles. The van der Waals surface area contributed by atoms with Crippen molar-refractivity contribution in [1.82, 2.24) is 10.2 Å². The number of unbranched alkanes of at least 4 members (excludes halogenated alkanes) is 2. The Morgan fingerprint density at radius 1 is 1.35 bits per heavy atom. The summed E-state index contributed by atoms with van der Waals surface area (Å²) in [5, 5.41) is 12.2. The third-order valence-corrected chi connectivity index (χ3v) is 9.98. The van der Waals surface area contributed by atoms with Gasteiger partial charge in [0.2, 0.25) is 11.8 Å². The normalized spacial score (nSPS) is 34.7. The number of rotatable bonds is 11. The van der Waals surface area contributed by atoms with E-state index < -0.39 is 22.6 Å². The highest BCUT2D eigenvalue weighted by molar-refractivity contribution is 9.09. The monoisotopic (exact) mass is 518 g/mol. The number of hydrogen-bond acceptors (Lipinski definition) is 6. The summed E-state index contributed by atoms with van der Waals surface area (Å²) in [5.41, 5.74) is 0. The summed E-state index contributed by atoms with van der Waals surface area (Å²) in [5.74, 6) is -1.59. The van der Waals surface area contributed by atoms with Crippen molar-refractivity contribution in [3.05, 3.63) is 0 Å². The van der Waals surface area contributed by atoms with Crippen molar-refractivity contribution in [2.24, 2.45) is 11.8 Å². The molecule has 2 N–H and O–H groups in total. The van der Waals surface area contributed by atoms with Gasteiger partial charge in [0.15, 0.2) is 0 Å². The summed E-state index contributed by atoms with van der Waals surface area (Å²) in [6, 6.07) is -0.559. The van der Waals surface area contributed by atoms with Crippen LogP contribution < -0.4 is 5.32 Å². The summed E-state index contributed by atoms with van der Waals surface area (Å²) in [7, 11) is 0. The van der Waals surface area contributed by atoms with Gasteiger partial charge in [-0.05, 0) is 46.0 Å². The van der Waals surface area contributed by atoms with E-state index in [-0.39, 0.29) is 47.1 Å². The largest absolute Gasteiger partial charge is 0.466 e. The van der Waals surface area contributed by atoms with Crippen molar-refractivity contribution in [2.45, 2.75) is 86.2 Å². The number of nitrogens with zero attached hydrogens (tertiary/aromatic N) is 1. The summed E-state index contributed by atoms with van der Waals surface area (Å²) in [4.78, 5) is 41.8.